The van der Waals surface area contributed by atoms with Gasteiger partial charge in [-0.2, -0.15) is 0 Å². The third-order valence-corrected chi connectivity index (χ3v) is 5.32. The molecule has 1 unspecified atom stereocenters. The van der Waals surface area contributed by atoms with Crippen molar-refractivity contribution >= 4 is 16.8 Å². The molecule has 5 heteroatoms. The van der Waals surface area contributed by atoms with Gasteiger partial charge in [-0.1, -0.05) is 35.9 Å². The highest BCUT2D eigenvalue weighted by atomic mass is 16.5. The Morgan fingerprint density at radius 1 is 1.26 bits per heavy atom. The third kappa shape index (κ3) is 3.30. The summed E-state index contributed by atoms with van der Waals surface area (Å²) in [6, 6.07) is 13.8. The van der Waals surface area contributed by atoms with Crippen molar-refractivity contribution in [1.29, 1.82) is 0 Å². The Kier molecular flexibility index (Phi) is 4.62. The lowest BCUT2D eigenvalue weighted by Crippen LogP contribution is -2.48. The third-order valence-electron chi connectivity index (χ3n) is 5.32. The number of nitrogens with one attached hydrogen (secondary N) is 1. The van der Waals surface area contributed by atoms with E-state index in [9.17, 15) is 9.90 Å². The monoisotopic (exact) mass is 364 g/mol. The number of hydrogen-bond acceptors (Lipinski definition) is 3. The average molecular weight is 364 g/mol. The second kappa shape index (κ2) is 7.08. The molecule has 140 valence electrons. The molecule has 1 atom stereocenters. The number of hydrogen-bond donors (Lipinski definition) is 2. The Morgan fingerprint density at radius 3 is 2.85 bits per heavy atom. The normalized spacial score (nSPS) is 16.4. The van der Waals surface area contributed by atoms with Crippen LogP contribution in [0.15, 0.2) is 42.5 Å². The zero-order valence-electron chi connectivity index (χ0n) is 15.7. The summed E-state index contributed by atoms with van der Waals surface area (Å²) in [7, 11) is 0. The molecular weight excluding hydrogens is 340 g/mol. The van der Waals surface area contributed by atoms with Crippen LogP contribution in [0.2, 0.25) is 0 Å². The molecule has 1 aliphatic rings. The number of H-pyrrole nitrogens is 1. The van der Waals surface area contributed by atoms with Crippen LogP contribution in [0.5, 0.6) is 5.75 Å². The molecular formula is C22H24N2O3. The molecule has 2 aromatic carbocycles. The molecule has 0 aliphatic carbocycles. The first-order valence-corrected chi connectivity index (χ1v) is 9.25. The van der Waals surface area contributed by atoms with E-state index in [0.29, 0.717) is 13.0 Å². The van der Waals surface area contributed by atoms with E-state index in [1.54, 1.807) is 4.90 Å². The summed E-state index contributed by atoms with van der Waals surface area (Å²) in [6.07, 6.45) is 0.644. The number of ether oxygens (including phenoxy) is 1. The van der Waals surface area contributed by atoms with Gasteiger partial charge in [-0.15, -0.1) is 0 Å². The van der Waals surface area contributed by atoms with Crippen molar-refractivity contribution in [2.75, 3.05) is 13.2 Å². The SMILES string of the molecule is Cc1ccc(OCC(=O)N2Cc3[nH]c4ccccc4c3CC2CO)c(C)c1. The molecule has 1 aromatic heterocycles. The van der Waals surface area contributed by atoms with E-state index in [1.165, 1.54) is 10.9 Å². The van der Waals surface area contributed by atoms with Gasteiger partial charge in [0.15, 0.2) is 6.61 Å². The van der Waals surface area contributed by atoms with Crippen LogP contribution in [0, 0.1) is 13.8 Å². The van der Waals surface area contributed by atoms with E-state index in [2.05, 4.69) is 11.1 Å². The molecule has 0 saturated carbocycles. The van der Waals surface area contributed by atoms with Crippen molar-refractivity contribution in [2.45, 2.75) is 32.9 Å². The fourth-order valence-corrected chi connectivity index (χ4v) is 3.91. The fourth-order valence-electron chi connectivity index (χ4n) is 3.91. The van der Waals surface area contributed by atoms with Crippen molar-refractivity contribution in [3.05, 3.63) is 64.8 Å². The zero-order chi connectivity index (χ0) is 19.0. The number of rotatable bonds is 4. The minimum absolute atomic E-state index is 0.0318. The second-order valence-electron chi connectivity index (χ2n) is 7.25. The lowest BCUT2D eigenvalue weighted by Gasteiger charge is -2.34. The highest BCUT2D eigenvalue weighted by molar-refractivity contribution is 5.86. The summed E-state index contributed by atoms with van der Waals surface area (Å²) in [5, 5.41) is 11.0. The van der Waals surface area contributed by atoms with Crippen molar-refractivity contribution in [3.8, 4) is 5.75 Å². The molecule has 0 bridgehead atoms. The molecule has 3 aromatic rings. The minimum Gasteiger partial charge on any atom is -0.483 e. The standard InChI is InChI=1S/C22H24N2O3/c1-14-7-8-21(15(2)9-14)27-13-22(26)24-11-20-18(10-16(24)12-25)17-5-3-4-6-19(17)23-20/h3-9,16,23,25H,10-13H2,1-2H3. The number of nitrogens with zero attached hydrogens (tertiary/aromatic N) is 1. The molecule has 2 N–H and O–H groups in total. The lowest BCUT2D eigenvalue weighted by molar-refractivity contribution is -0.138. The Balaban J connectivity index is 1.52. The molecule has 2 heterocycles. The Morgan fingerprint density at radius 2 is 2.07 bits per heavy atom. The van der Waals surface area contributed by atoms with Gasteiger partial charge in [-0.25, -0.2) is 0 Å². The number of benzene rings is 2. The van der Waals surface area contributed by atoms with Crippen LogP contribution in [-0.4, -0.2) is 40.2 Å². The van der Waals surface area contributed by atoms with Crippen LogP contribution in [0.4, 0.5) is 0 Å². The number of aromatic amines is 1. The number of aliphatic hydroxyl groups excluding tert-OH is 1. The first-order valence-electron chi connectivity index (χ1n) is 9.25. The van der Waals surface area contributed by atoms with Crippen LogP contribution >= 0.6 is 0 Å². The Bertz CT molecular complexity index is 992. The highest BCUT2D eigenvalue weighted by Gasteiger charge is 2.31. The summed E-state index contributed by atoms with van der Waals surface area (Å²) in [4.78, 5) is 18.0. The molecule has 0 radical (unpaired) electrons. The zero-order valence-corrected chi connectivity index (χ0v) is 15.7. The maximum atomic E-state index is 12.8. The van der Waals surface area contributed by atoms with Gasteiger partial charge in [-0.05, 0) is 43.5 Å². The van der Waals surface area contributed by atoms with E-state index < -0.39 is 0 Å². The van der Waals surface area contributed by atoms with Crippen LogP contribution in [0.1, 0.15) is 22.4 Å². The fraction of sp³-hybridized carbons (Fsp3) is 0.318. The van der Waals surface area contributed by atoms with Gasteiger partial charge < -0.3 is 19.7 Å². The van der Waals surface area contributed by atoms with E-state index in [1.807, 2.05) is 50.2 Å². The van der Waals surface area contributed by atoms with Crippen LogP contribution in [-0.2, 0) is 17.8 Å². The van der Waals surface area contributed by atoms with Gasteiger partial charge in [-0.3, -0.25) is 4.79 Å². The largest absolute Gasteiger partial charge is 0.483 e. The van der Waals surface area contributed by atoms with Crippen LogP contribution in [0.25, 0.3) is 10.9 Å². The smallest absolute Gasteiger partial charge is 0.261 e. The van der Waals surface area contributed by atoms with E-state index >= 15 is 0 Å². The quantitative estimate of drug-likeness (QED) is 0.748. The van der Waals surface area contributed by atoms with E-state index in [0.717, 1.165) is 28.1 Å². The molecule has 1 amide bonds. The van der Waals surface area contributed by atoms with Gasteiger partial charge in [0.25, 0.3) is 5.91 Å². The predicted molar refractivity (Wildman–Crippen MR) is 105 cm³/mol. The van der Waals surface area contributed by atoms with E-state index in [4.69, 9.17) is 4.74 Å². The van der Waals surface area contributed by atoms with Gasteiger partial charge in [0, 0.05) is 16.6 Å². The van der Waals surface area contributed by atoms with Crippen LogP contribution in [0.3, 0.4) is 0 Å². The molecule has 0 saturated heterocycles. The van der Waals surface area contributed by atoms with Gasteiger partial charge in [0.05, 0.1) is 19.2 Å². The maximum absolute atomic E-state index is 12.8. The van der Waals surface area contributed by atoms with Crippen molar-refractivity contribution in [1.82, 2.24) is 9.88 Å². The average Bonchev–Trinajstić information content (AvgIpc) is 3.03. The number of carbonyl (C=O) groups excluding carboxylic acids is 1. The first-order chi connectivity index (χ1) is 13.1. The number of aryl methyl sites for hydroxylation is 2. The maximum Gasteiger partial charge on any atom is 0.261 e. The molecule has 0 fully saturated rings. The first kappa shape index (κ1) is 17.6. The van der Waals surface area contributed by atoms with Gasteiger partial charge >= 0.3 is 0 Å². The molecule has 4 rings (SSSR count). The second-order valence-corrected chi connectivity index (χ2v) is 7.25. The highest BCUT2D eigenvalue weighted by Crippen LogP contribution is 2.30. The van der Waals surface area contributed by atoms with Crippen molar-refractivity contribution < 1.29 is 14.6 Å². The molecule has 5 nitrogen and oxygen atoms in total. The van der Waals surface area contributed by atoms with Crippen molar-refractivity contribution in [2.24, 2.45) is 0 Å². The summed E-state index contributed by atoms with van der Waals surface area (Å²) in [5.41, 5.74) is 5.48. The molecule has 0 spiro atoms. The number of para-hydroxylation sites is 1. The number of carbonyl (C=O) groups is 1. The van der Waals surface area contributed by atoms with Crippen LogP contribution < -0.4 is 4.74 Å². The topological polar surface area (TPSA) is 65.6 Å². The summed E-state index contributed by atoms with van der Waals surface area (Å²) in [6.45, 7) is 4.37. The lowest BCUT2D eigenvalue weighted by atomic mass is 9.97. The summed E-state index contributed by atoms with van der Waals surface area (Å²) in [5.74, 6) is 0.608. The van der Waals surface area contributed by atoms with Gasteiger partial charge in [0.1, 0.15) is 5.75 Å². The van der Waals surface area contributed by atoms with Crippen molar-refractivity contribution in [3.63, 3.8) is 0 Å². The number of aliphatic hydroxyl groups is 1. The summed E-state index contributed by atoms with van der Waals surface area (Å²) >= 11 is 0. The minimum atomic E-state index is -0.230. The van der Waals surface area contributed by atoms with E-state index in [-0.39, 0.29) is 25.2 Å². The Labute approximate surface area is 158 Å². The Hall–Kier alpha value is -2.79. The predicted octanol–water partition coefficient (Wildman–Crippen LogP) is 3.11. The number of fused-ring (bicyclic) bond motifs is 3. The molecule has 1 aliphatic heterocycles. The number of aromatic nitrogens is 1. The molecule has 27 heavy (non-hydrogen) atoms. The van der Waals surface area contributed by atoms with Gasteiger partial charge in [0.2, 0.25) is 0 Å². The summed E-state index contributed by atoms with van der Waals surface area (Å²) < 4.78 is 5.76. The number of amides is 1.